The van der Waals surface area contributed by atoms with Crippen LogP contribution in [0.1, 0.15) is 11.1 Å². The van der Waals surface area contributed by atoms with Gasteiger partial charge in [-0.1, -0.05) is 6.07 Å². The van der Waals surface area contributed by atoms with Crippen LogP contribution < -0.4 is 32.7 Å². The number of rotatable bonds is 3. The molecular formula is C24H15NO10S. The van der Waals surface area contributed by atoms with Crippen molar-refractivity contribution >= 4 is 27.3 Å². The predicted molar refractivity (Wildman–Crippen MR) is 121 cm³/mol. The Morgan fingerprint density at radius 1 is 0.722 bits per heavy atom. The number of carboxylic acid groups (broad SMARTS) is 1. The maximum absolute atomic E-state index is 14.0. The molecule has 0 aromatic heterocycles. The topological polar surface area (TPSA) is 130 Å². The number of carbonyl (C=O) groups is 1. The Morgan fingerprint density at radius 2 is 1.28 bits per heavy atom. The summed E-state index contributed by atoms with van der Waals surface area (Å²) in [6.07, 6.45) is 0. The molecule has 11 nitrogen and oxygen atoms in total. The maximum Gasteiger partial charge on any atom is 0.354 e. The molecule has 4 heterocycles. The SMILES string of the molecule is O=C(O)C1=C(c2ccc3c(c2)OCO3)c2cc3c(cc2S(=O)(=O)N1c1ccc2c(c1)OCO2)OCO3. The van der Waals surface area contributed by atoms with Gasteiger partial charge in [-0.3, -0.25) is 0 Å². The van der Waals surface area contributed by atoms with Gasteiger partial charge in [0.25, 0.3) is 10.0 Å². The fourth-order valence-corrected chi connectivity index (χ4v) is 6.29. The zero-order valence-electron chi connectivity index (χ0n) is 18.2. The molecule has 0 spiro atoms. The van der Waals surface area contributed by atoms with Crippen molar-refractivity contribution < 1.29 is 46.7 Å². The Balaban J connectivity index is 1.55. The van der Waals surface area contributed by atoms with Crippen LogP contribution in [0.4, 0.5) is 5.69 Å². The van der Waals surface area contributed by atoms with Gasteiger partial charge < -0.3 is 33.5 Å². The Labute approximate surface area is 203 Å². The molecule has 1 N–H and O–H groups in total. The number of hydrogen-bond acceptors (Lipinski definition) is 9. The first kappa shape index (κ1) is 20.8. The minimum absolute atomic E-state index is 0.0244. The Morgan fingerprint density at radius 3 is 1.94 bits per heavy atom. The summed E-state index contributed by atoms with van der Waals surface area (Å²) in [5.41, 5.74) is 0.323. The highest BCUT2D eigenvalue weighted by Crippen LogP contribution is 2.49. The molecule has 0 bridgehead atoms. The van der Waals surface area contributed by atoms with Gasteiger partial charge in [0.2, 0.25) is 20.4 Å². The van der Waals surface area contributed by atoms with E-state index in [1.807, 2.05) is 0 Å². The summed E-state index contributed by atoms with van der Waals surface area (Å²) in [5, 5.41) is 10.4. The first-order valence-corrected chi connectivity index (χ1v) is 12.1. The highest BCUT2D eigenvalue weighted by molar-refractivity contribution is 7.93. The number of benzene rings is 3. The van der Waals surface area contributed by atoms with Gasteiger partial charge in [0.1, 0.15) is 0 Å². The number of aliphatic carboxylic acids is 1. The lowest BCUT2D eigenvalue weighted by Gasteiger charge is -2.32. The largest absolute Gasteiger partial charge is 0.477 e. The van der Waals surface area contributed by atoms with Crippen LogP contribution in [0, 0.1) is 0 Å². The second-order valence-electron chi connectivity index (χ2n) is 8.11. The molecule has 3 aromatic carbocycles. The smallest absolute Gasteiger partial charge is 0.354 e. The Hall–Kier alpha value is -4.58. The standard InChI is InChI=1S/C24H15NO10S/c26-24(27)23-22(12-1-3-15-17(5-12)32-9-30-15)14-7-19-20(35-11-34-19)8-21(14)36(28,29)25(23)13-2-4-16-18(6-13)33-10-31-16/h1-8H,9-11H2,(H,26,27). The molecule has 4 aliphatic rings. The third-order valence-electron chi connectivity index (χ3n) is 6.16. The molecule has 3 aromatic rings. The molecule has 0 radical (unpaired) electrons. The minimum atomic E-state index is -4.41. The molecule has 0 unspecified atom stereocenters. The third-order valence-corrected chi connectivity index (χ3v) is 7.92. The monoisotopic (exact) mass is 509 g/mol. The second-order valence-corrected chi connectivity index (χ2v) is 9.86. The van der Waals surface area contributed by atoms with E-state index in [0.29, 0.717) is 34.3 Å². The summed E-state index contributed by atoms with van der Waals surface area (Å²) in [6, 6.07) is 12.2. The van der Waals surface area contributed by atoms with Gasteiger partial charge in [-0.15, -0.1) is 0 Å². The van der Waals surface area contributed by atoms with E-state index in [9.17, 15) is 18.3 Å². The summed E-state index contributed by atoms with van der Waals surface area (Å²) in [5.74, 6) is 0.734. The average molecular weight is 509 g/mol. The number of hydrogen-bond donors (Lipinski definition) is 1. The number of nitrogens with zero attached hydrogens (tertiary/aromatic N) is 1. The molecular weight excluding hydrogens is 494 g/mol. The summed E-state index contributed by atoms with van der Waals surface area (Å²) in [6.45, 7) is -0.0858. The van der Waals surface area contributed by atoms with Crippen LogP contribution in [0.2, 0.25) is 0 Å². The van der Waals surface area contributed by atoms with E-state index in [1.54, 1.807) is 18.2 Å². The molecule has 0 saturated carbocycles. The van der Waals surface area contributed by atoms with E-state index in [-0.39, 0.29) is 47.8 Å². The van der Waals surface area contributed by atoms with Gasteiger partial charge in [0.15, 0.2) is 40.2 Å². The molecule has 12 heteroatoms. The number of anilines is 1. The normalized spacial score (nSPS) is 17.8. The summed E-state index contributed by atoms with van der Waals surface area (Å²) in [7, 11) is -4.41. The van der Waals surface area contributed by atoms with Crippen molar-refractivity contribution in [3.8, 4) is 34.5 Å². The van der Waals surface area contributed by atoms with Crippen molar-refractivity contribution in [1.82, 2.24) is 0 Å². The zero-order chi connectivity index (χ0) is 24.6. The van der Waals surface area contributed by atoms with Gasteiger partial charge in [0.05, 0.1) is 10.6 Å². The Kier molecular flexibility index (Phi) is 4.16. The van der Waals surface area contributed by atoms with Crippen molar-refractivity contribution in [2.45, 2.75) is 4.90 Å². The average Bonchev–Trinajstić information content (AvgIpc) is 3.61. The molecule has 0 amide bonds. The zero-order valence-corrected chi connectivity index (χ0v) is 19.0. The van der Waals surface area contributed by atoms with Crippen LogP contribution in [-0.4, -0.2) is 39.9 Å². The van der Waals surface area contributed by atoms with Crippen LogP contribution in [0.5, 0.6) is 34.5 Å². The molecule has 36 heavy (non-hydrogen) atoms. The maximum atomic E-state index is 14.0. The Bertz CT molecular complexity index is 1630. The van der Waals surface area contributed by atoms with E-state index in [1.165, 1.54) is 30.3 Å². The molecule has 4 aliphatic heterocycles. The number of ether oxygens (including phenoxy) is 6. The van der Waals surface area contributed by atoms with E-state index in [4.69, 9.17) is 28.4 Å². The lowest BCUT2D eigenvalue weighted by molar-refractivity contribution is -0.132. The fourth-order valence-electron chi connectivity index (χ4n) is 4.60. The van der Waals surface area contributed by atoms with Crippen molar-refractivity contribution in [3.63, 3.8) is 0 Å². The molecule has 0 saturated heterocycles. The quantitative estimate of drug-likeness (QED) is 0.562. The van der Waals surface area contributed by atoms with E-state index < -0.39 is 21.7 Å². The van der Waals surface area contributed by atoms with E-state index >= 15 is 0 Å². The first-order valence-electron chi connectivity index (χ1n) is 10.7. The highest BCUT2D eigenvalue weighted by Gasteiger charge is 2.43. The molecule has 0 aliphatic carbocycles. The number of fused-ring (bicyclic) bond motifs is 4. The van der Waals surface area contributed by atoms with Crippen LogP contribution in [-0.2, 0) is 14.8 Å². The van der Waals surface area contributed by atoms with Gasteiger partial charge in [-0.25, -0.2) is 17.5 Å². The summed E-state index contributed by atoms with van der Waals surface area (Å²) >= 11 is 0. The van der Waals surface area contributed by atoms with Crippen molar-refractivity contribution in [1.29, 1.82) is 0 Å². The fraction of sp³-hybridized carbons (Fsp3) is 0.125. The van der Waals surface area contributed by atoms with Crippen LogP contribution in [0.25, 0.3) is 5.57 Å². The lowest BCUT2D eigenvalue weighted by atomic mass is 9.94. The first-order chi connectivity index (χ1) is 17.4. The second kappa shape index (κ2) is 7.21. The van der Waals surface area contributed by atoms with Gasteiger partial charge >= 0.3 is 5.97 Å². The highest BCUT2D eigenvalue weighted by atomic mass is 32.2. The van der Waals surface area contributed by atoms with Gasteiger partial charge in [-0.05, 0) is 35.9 Å². The van der Waals surface area contributed by atoms with Crippen LogP contribution in [0.15, 0.2) is 59.1 Å². The van der Waals surface area contributed by atoms with Crippen LogP contribution >= 0.6 is 0 Å². The van der Waals surface area contributed by atoms with Gasteiger partial charge in [-0.2, -0.15) is 0 Å². The van der Waals surface area contributed by atoms with E-state index in [2.05, 4.69) is 0 Å². The van der Waals surface area contributed by atoms with E-state index in [0.717, 1.165) is 4.31 Å². The molecule has 182 valence electrons. The van der Waals surface area contributed by atoms with Gasteiger partial charge in [0, 0.05) is 23.3 Å². The molecule has 0 fully saturated rings. The lowest BCUT2D eigenvalue weighted by Crippen LogP contribution is -2.38. The number of sulfonamides is 1. The van der Waals surface area contributed by atoms with Crippen molar-refractivity contribution in [2.75, 3.05) is 24.7 Å². The van der Waals surface area contributed by atoms with Crippen molar-refractivity contribution in [3.05, 3.63) is 65.4 Å². The van der Waals surface area contributed by atoms with Crippen LogP contribution in [0.3, 0.4) is 0 Å². The predicted octanol–water partition coefficient (Wildman–Crippen LogP) is 2.93. The summed E-state index contributed by atoms with van der Waals surface area (Å²) < 4.78 is 61.3. The summed E-state index contributed by atoms with van der Waals surface area (Å²) in [4.78, 5) is 12.7. The third kappa shape index (κ3) is 2.84. The molecule has 7 rings (SSSR count). The van der Waals surface area contributed by atoms with Crippen molar-refractivity contribution in [2.24, 2.45) is 0 Å². The number of carboxylic acids is 1. The molecule has 0 atom stereocenters. The minimum Gasteiger partial charge on any atom is -0.477 e.